The van der Waals surface area contributed by atoms with Crippen LogP contribution in [0.1, 0.15) is 38.1 Å². The number of carbonyl (C=O) groups is 1. The number of alkyl halides is 2. The molecule has 100 valence electrons. The van der Waals surface area contributed by atoms with Crippen molar-refractivity contribution in [2.24, 2.45) is 5.41 Å². The van der Waals surface area contributed by atoms with Crippen molar-refractivity contribution in [3.05, 3.63) is 5.01 Å². The van der Waals surface area contributed by atoms with Crippen molar-refractivity contribution >= 4 is 45.6 Å². The highest BCUT2D eigenvalue weighted by Crippen LogP contribution is 2.64. The first-order valence-corrected chi connectivity index (χ1v) is 7.48. The third-order valence-electron chi connectivity index (χ3n) is 3.19. The minimum atomic E-state index is -0.952. The van der Waals surface area contributed by atoms with Crippen LogP contribution in [0, 0.1) is 5.41 Å². The second-order valence-electron chi connectivity index (χ2n) is 4.77. The number of amides is 1. The summed E-state index contributed by atoms with van der Waals surface area (Å²) in [5.41, 5.74) is -0.717. The van der Waals surface area contributed by atoms with Crippen LogP contribution in [-0.2, 0) is 11.2 Å². The second kappa shape index (κ2) is 4.94. The van der Waals surface area contributed by atoms with Crippen LogP contribution < -0.4 is 5.32 Å². The molecule has 1 aliphatic carbocycles. The number of hydrogen-bond acceptors (Lipinski definition) is 4. The quantitative estimate of drug-likeness (QED) is 0.848. The molecule has 1 heterocycles. The van der Waals surface area contributed by atoms with E-state index in [1.807, 2.05) is 0 Å². The monoisotopic (exact) mass is 307 g/mol. The number of anilines is 1. The first kappa shape index (κ1) is 14.0. The molecule has 0 aliphatic heterocycles. The standard InChI is InChI=1S/C11H15Cl2N3OS/c1-3-4-5-7-15-16-9(18-7)14-8(17)10(2)6-11(10,12)13/h3-6H2,1-2H3,(H,14,16,17)/t10-/m1/s1. The molecule has 1 aromatic heterocycles. The first-order valence-electron chi connectivity index (χ1n) is 5.91. The molecule has 4 nitrogen and oxygen atoms in total. The lowest BCUT2D eigenvalue weighted by molar-refractivity contribution is -0.120. The average molecular weight is 308 g/mol. The fraction of sp³-hybridized carbons (Fsp3) is 0.727. The van der Waals surface area contributed by atoms with Crippen molar-refractivity contribution in [1.29, 1.82) is 0 Å². The highest BCUT2D eigenvalue weighted by Gasteiger charge is 2.68. The minimum absolute atomic E-state index is 0.189. The Labute approximate surface area is 120 Å². The van der Waals surface area contributed by atoms with Crippen LogP contribution in [0.15, 0.2) is 0 Å². The molecule has 1 atom stereocenters. The lowest BCUT2D eigenvalue weighted by Gasteiger charge is -2.09. The van der Waals surface area contributed by atoms with E-state index in [-0.39, 0.29) is 5.91 Å². The molecule has 1 N–H and O–H groups in total. The highest BCUT2D eigenvalue weighted by atomic mass is 35.5. The van der Waals surface area contributed by atoms with Crippen molar-refractivity contribution in [3.8, 4) is 0 Å². The lowest BCUT2D eigenvalue weighted by atomic mass is 10.1. The summed E-state index contributed by atoms with van der Waals surface area (Å²) in [6.07, 6.45) is 3.56. The Morgan fingerprint density at radius 3 is 2.72 bits per heavy atom. The Morgan fingerprint density at radius 1 is 1.50 bits per heavy atom. The zero-order chi connectivity index (χ0) is 13.4. The third-order valence-corrected chi connectivity index (χ3v) is 5.19. The van der Waals surface area contributed by atoms with E-state index in [1.165, 1.54) is 11.3 Å². The molecule has 1 fully saturated rings. The lowest BCUT2D eigenvalue weighted by Crippen LogP contribution is -2.25. The smallest absolute Gasteiger partial charge is 0.235 e. The van der Waals surface area contributed by atoms with Crippen molar-refractivity contribution in [1.82, 2.24) is 10.2 Å². The van der Waals surface area contributed by atoms with Gasteiger partial charge >= 0.3 is 0 Å². The van der Waals surface area contributed by atoms with E-state index in [4.69, 9.17) is 23.2 Å². The van der Waals surface area contributed by atoms with Gasteiger partial charge in [0.1, 0.15) is 9.34 Å². The summed E-state index contributed by atoms with van der Waals surface area (Å²) in [6, 6.07) is 0. The Bertz CT molecular complexity index is 463. The van der Waals surface area contributed by atoms with Gasteiger partial charge in [-0.2, -0.15) is 0 Å². The number of unbranched alkanes of at least 4 members (excludes halogenated alkanes) is 1. The van der Waals surface area contributed by atoms with Crippen molar-refractivity contribution < 1.29 is 4.79 Å². The molecule has 2 rings (SSSR count). The molecule has 7 heteroatoms. The fourth-order valence-electron chi connectivity index (χ4n) is 1.61. The van der Waals surface area contributed by atoms with Crippen molar-refractivity contribution in [2.75, 3.05) is 5.32 Å². The molecule has 1 saturated carbocycles. The van der Waals surface area contributed by atoms with E-state index < -0.39 is 9.75 Å². The van der Waals surface area contributed by atoms with Crippen LogP contribution in [-0.4, -0.2) is 20.4 Å². The van der Waals surface area contributed by atoms with Gasteiger partial charge in [-0.05, 0) is 19.8 Å². The molecule has 0 unspecified atom stereocenters. The average Bonchev–Trinajstić information content (AvgIpc) is 2.65. The van der Waals surface area contributed by atoms with Gasteiger partial charge in [-0.1, -0.05) is 24.7 Å². The summed E-state index contributed by atoms with van der Waals surface area (Å²) in [5.74, 6) is -0.189. The van der Waals surface area contributed by atoms with E-state index in [9.17, 15) is 4.79 Å². The van der Waals surface area contributed by atoms with Crippen LogP contribution in [0.2, 0.25) is 0 Å². The Morgan fingerprint density at radius 2 is 2.17 bits per heavy atom. The number of aryl methyl sites for hydroxylation is 1. The van der Waals surface area contributed by atoms with Crippen molar-refractivity contribution in [3.63, 3.8) is 0 Å². The SMILES string of the molecule is CCCCc1nnc(NC(=O)[C@@]2(C)CC2(Cl)Cl)s1. The van der Waals surface area contributed by atoms with Crippen LogP contribution in [0.25, 0.3) is 0 Å². The van der Waals surface area contributed by atoms with E-state index in [0.717, 1.165) is 24.3 Å². The minimum Gasteiger partial charge on any atom is -0.300 e. The first-order chi connectivity index (χ1) is 8.39. The summed E-state index contributed by atoms with van der Waals surface area (Å²) in [5, 5.41) is 12.2. The van der Waals surface area contributed by atoms with Crippen LogP contribution >= 0.6 is 34.5 Å². The molecular formula is C11H15Cl2N3OS. The van der Waals surface area contributed by atoms with Crippen LogP contribution in [0.5, 0.6) is 0 Å². The molecule has 0 aromatic carbocycles. The highest BCUT2D eigenvalue weighted by molar-refractivity contribution is 7.15. The fourth-order valence-corrected chi connectivity index (χ4v) is 3.10. The molecule has 1 aliphatic rings. The number of aromatic nitrogens is 2. The zero-order valence-electron chi connectivity index (χ0n) is 10.3. The number of hydrogen-bond donors (Lipinski definition) is 1. The molecule has 0 bridgehead atoms. The Balaban J connectivity index is 1.94. The summed E-state index contributed by atoms with van der Waals surface area (Å²) in [4.78, 5) is 12.0. The molecule has 18 heavy (non-hydrogen) atoms. The molecule has 0 spiro atoms. The maximum absolute atomic E-state index is 12.0. The largest absolute Gasteiger partial charge is 0.300 e. The molecule has 1 aromatic rings. The third kappa shape index (κ3) is 2.63. The summed E-state index contributed by atoms with van der Waals surface area (Å²) in [7, 11) is 0. The van der Waals surface area contributed by atoms with E-state index in [2.05, 4.69) is 22.4 Å². The van der Waals surface area contributed by atoms with Gasteiger partial charge in [0.05, 0.1) is 5.41 Å². The molecule has 0 saturated heterocycles. The number of carbonyl (C=O) groups excluding carboxylic acids is 1. The van der Waals surface area contributed by atoms with Crippen molar-refractivity contribution in [2.45, 2.75) is 43.9 Å². The van der Waals surface area contributed by atoms with E-state index in [0.29, 0.717) is 11.6 Å². The van der Waals surface area contributed by atoms with Gasteiger partial charge in [0.2, 0.25) is 11.0 Å². The zero-order valence-corrected chi connectivity index (χ0v) is 12.6. The summed E-state index contributed by atoms with van der Waals surface area (Å²) in [6.45, 7) is 3.87. The maximum atomic E-state index is 12.0. The topological polar surface area (TPSA) is 54.9 Å². The van der Waals surface area contributed by atoms with Gasteiger partial charge < -0.3 is 0 Å². The van der Waals surface area contributed by atoms with Gasteiger partial charge in [-0.25, -0.2) is 0 Å². The van der Waals surface area contributed by atoms with Crippen LogP contribution in [0.4, 0.5) is 5.13 Å². The number of nitrogens with one attached hydrogen (secondary N) is 1. The Kier molecular flexibility index (Phi) is 3.85. The number of nitrogens with zero attached hydrogens (tertiary/aromatic N) is 2. The van der Waals surface area contributed by atoms with Gasteiger partial charge in [0.25, 0.3) is 0 Å². The van der Waals surface area contributed by atoms with Crippen LogP contribution in [0.3, 0.4) is 0 Å². The maximum Gasteiger partial charge on any atom is 0.235 e. The normalized spacial score (nSPS) is 24.9. The van der Waals surface area contributed by atoms with E-state index in [1.54, 1.807) is 6.92 Å². The summed E-state index contributed by atoms with van der Waals surface area (Å²) < 4.78 is -0.952. The Hall–Kier alpha value is -0.390. The molecule has 1 amide bonds. The van der Waals surface area contributed by atoms with Gasteiger partial charge in [0.15, 0.2) is 0 Å². The molecule has 0 radical (unpaired) electrons. The van der Waals surface area contributed by atoms with E-state index >= 15 is 0 Å². The van der Waals surface area contributed by atoms with Gasteiger partial charge in [0, 0.05) is 6.42 Å². The number of rotatable bonds is 5. The predicted octanol–water partition coefficient (Wildman–Crippen LogP) is 3.40. The molecular weight excluding hydrogens is 293 g/mol. The summed E-state index contributed by atoms with van der Waals surface area (Å²) >= 11 is 13.3. The van der Waals surface area contributed by atoms with Gasteiger partial charge in [-0.15, -0.1) is 33.4 Å². The predicted molar refractivity (Wildman–Crippen MR) is 74.3 cm³/mol. The van der Waals surface area contributed by atoms with Gasteiger partial charge in [-0.3, -0.25) is 10.1 Å². The second-order valence-corrected chi connectivity index (χ2v) is 7.32. The number of halogens is 2.